The number of aliphatic hydroxyl groups excluding tert-OH is 7. The van der Waals surface area contributed by atoms with Crippen LogP contribution in [0.1, 0.15) is 348 Å². The standard InChI is InChI=1S/C68H133NO10/c1-3-5-7-9-11-13-15-17-19-20-21-22-23-24-25-26-27-28-29-30-31-32-33-34-35-36-37-38-39-40-41-42-44-46-48-50-52-54-56-61(72)67(77)69-59(58-78-68-66(76)65(75)64(74)62(57-70)79-68)63(73)60(71)55-53-51-49-47-45-43-18-16-14-12-10-8-6-4-2/h47,49,59-66,68,70-76H,3-46,48,50-58H2,1-2H3,(H,69,77)/b49-47+. The zero-order chi connectivity index (χ0) is 57.5. The lowest BCUT2D eigenvalue weighted by Crippen LogP contribution is -2.60. The number of nitrogens with one attached hydrogen (secondary N) is 1. The van der Waals surface area contributed by atoms with Crippen LogP contribution in [-0.2, 0) is 14.3 Å². The number of amides is 1. The van der Waals surface area contributed by atoms with E-state index < -0.39 is 74.2 Å². The summed E-state index contributed by atoms with van der Waals surface area (Å²) in [6.07, 6.45) is 59.0. The van der Waals surface area contributed by atoms with E-state index in [0.29, 0.717) is 12.8 Å². The number of aliphatic hydroxyl groups is 7. The minimum absolute atomic E-state index is 0.260. The number of carbonyl (C=O) groups is 1. The molecule has 0 aliphatic carbocycles. The summed E-state index contributed by atoms with van der Waals surface area (Å²) >= 11 is 0. The van der Waals surface area contributed by atoms with E-state index in [4.69, 9.17) is 9.47 Å². The number of hydrogen-bond donors (Lipinski definition) is 8. The predicted octanol–water partition coefficient (Wildman–Crippen LogP) is 16.3. The number of hydrogen-bond acceptors (Lipinski definition) is 10. The first-order chi connectivity index (χ1) is 38.7. The van der Waals surface area contributed by atoms with Gasteiger partial charge in [0.1, 0.15) is 36.6 Å². The largest absolute Gasteiger partial charge is 0.394 e. The molecule has 9 unspecified atom stereocenters. The topological polar surface area (TPSA) is 189 Å². The molecule has 8 N–H and O–H groups in total. The van der Waals surface area contributed by atoms with Crippen molar-refractivity contribution < 1.29 is 50.0 Å². The van der Waals surface area contributed by atoms with E-state index in [-0.39, 0.29) is 12.8 Å². The highest BCUT2D eigenvalue weighted by Crippen LogP contribution is 2.24. The third-order valence-corrected chi connectivity index (χ3v) is 17.1. The van der Waals surface area contributed by atoms with Crippen LogP contribution in [0.5, 0.6) is 0 Å². The molecule has 1 rings (SSSR count). The highest BCUT2D eigenvalue weighted by Gasteiger charge is 2.44. The lowest BCUT2D eigenvalue weighted by atomic mass is 9.98. The summed E-state index contributed by atoms with van der Waals surface area (Å²) in [5, 5.41) is 76.2. The Morgan fingerprint density at radius 3 is 1.09 bits per heavy atom. The molecule has 11 nitrogen and oxygen atoms in total. The van der Waals surface area contributed by atoms with Crippen LogP contribution in [0.15, 0.2) is 12.2 Å². The molecule has 1 fully saturated rings. The Labute approximate surface area is 487 Å². The number of unbranched alkanes of at least 4 members (excludes halogenated alkanes) is 47. The number of carbonyl (C=O) groups excluding carboxylic acids is 1. The van der Waals surface area contributed by atoms with Crippen LogP contribution < -0.4 is 5.32 Å². The Bertz CT molecular complexity index is 1290. The van der Waals surface area contributed by atoms with Gasteiger partial charge in [-0.15, -0.1) is 0 Å². The summed E-state index contributed by atoms with van der Waals surface area (Å²) in [7, 11) is 0. The molecule has 0 spiro atoms. The molecule has 1 saturated heterocycles. The predicted molar refractivity (Wildman–Crippen MR) is 330 cm³/mol. The second kappa shape index (κ2) is 57.3. The summed E-state index contributed by atoms with van der Waals surface area (Å²) in [6.45, 7) is 3.48. The molecule has 1 heterocycles. The van der Waals surface area contributed by atoms with Crippen LogP contribution in [0.4, 0.5) is 0 Å². The average Bonchev–Trinajstić information content (AvgIpc) is 3.46. The zero-order valence-corrected chi connectivity index (χ0v) is 51.9. The first-order valence-electron chi connectivity index (χ1n) is 34.6. The van der Waals surface area contributed by atoms with Gasteiger partial charge in [-0.1, -0.05) is 321 Å². The average molecular weight is 1120 g/mol. The molecule has 0 radical (unpaired) electrons. The molecular weight excluding hydrogens is 991 g/mol. The number of allylic oxidation sites excluding steroid dienone is 2. The van der Waals surface area contributed by atoms with E-state index >= 15 is 0 Å². The van der Waals surface area contributed by atoms with E-state index in [1.807, 2.05) is 0 Å². The fourth-order valence-electron chi connectivity index (χ4n) is 11.5. The molecule has 79 heavy (non-hydrogen) atoms. The minimum atomic E-state index is -1.67. The molecule has 470 valence electrons. The Balaban J connectivity index is 2.09. The molecule has 0 aromatic heterocycles. The van der Waals surface area contributed by atoms with Crippen LogP contribution in [0.2, 0.25) is 0 Å². The lowest BCUT2D eigenvalue weighted by molar-refractivity contribution is -0.303. The molecular formula is C68H133NO10. The number of ether oxygens (including phenoxy) is 2. The van der Waals surface area contributed by atoms with Crippen molar-refractivity contribution in [2.24, 2.45) is 0 Å². The van der Waals surface area contributed by atoms with Gasteiger partial charge in [0.2, 0.25) is 5.91 Å². The van der Waals surface area contributed by atoms with Crippen molar-refractivity contribution in [1.29, 1.82) is 0 Å². The van der Waals surface area contributed by atoms with E-state index in [1.165, 1.54) is 270 Å². The molecule has 0 aromatic rings. The second-order valence-corrected chi connectivity index (χ2v) is 24.6. The normalized spacial score (nSPS) is 19.3. The monoisotopic (exact) mass is 1120 g/mol. The maximum absolute atomic E-state index is 13.2. The van der Waals surface area contributed by atoms with Crippen molar-refractivity contribution in [3.63, 3.8) is 0 Å². The highest BCUT2D eigenvalue weighted by atomic mass is 16.7. The summed E-state index contributed by atoms with van der Waals surface area (Å²) in [6, 6.07) is -1.18. The molecule has 1 aliphatic heterocycles. The maximum atomic E-state index is 13.2. The highest BCUT2D eigenvalue weighted by molar-refractivity contribution is 5.80. The molecule has 0 saturated carbocycles. The van der Waals surface area contributed by atoms with Crippen molar-refractivity contribution in [3.8, 4) is 0 Å². The second-order valence-electron chi connectivity index (χ2n) is 24.6. The van der Waals surface area contributed by atoms with E-state index in [1.54, 1.807) is 0 Å². The summed E-state index contributed by atoms with van der Waals surface area (Å²) in [5.41, 5.74) is 0. The van der Waals surface area contributed by atoms with Crippen molar-refractivity contribution in [3.05, 3.63) is 12.2 Å². The Kier molecular flexibility index (Phi) is 55.0. The van der Waals surface area contributed by atoms with Crippen molar-refractivity contribution in [2.45, 2.75) is 403 Å². The van der Waals surface area contributed by atoms with Gasteiger partial charge in [-0.25, -0.2) is 0 Å². The quantitative estimate of drug-likeness (QED) is 0.0215. The van der Waals surface area contributed by atoms with Gasteiger partial charge in [0, 0.05) is 0 Å². The molecule has 1 aliphatic rings. The van der Waals surface area contributed by atoms with Gasteiger partial charge in [0.25, 0.3) is 0 Å². The van der Waals surface area contributed by atoms with Gasteiger partial charge in [-0.3, -0.25) is 4.79 Å². The molecule has 11 heteroatoms. The van der Waals surface area contributed by atoms with Gasteiger partial charge in [-0.05, 0) is 38.5 Å². The molecule has 0 aromatic carbocycles. The summed E-state index contributed by atoms with van der Waals surface area (Å²) in [5.74, 6) is -0.699. The van der Waals surface area contributed by atoms with Crippen LogP contribution in [0, 0.1) is 0 Å². The molecule has 1 amide bonds. The van der Waals surface area contributed by atoms with Crippen LogP contribution in [-0.4, -0.2) is 110 Å². The van der Waals surface area contributed by atoms with Gasteiger partial charge in [0.15, 0.2) is 6.29 Å². The Hall–Kier alpha value is -1.15. The van der Waals surface area contributed by atoms with E-state index in [0.717, 1.165) is 38.5 Å². The van der Waals surface area contributed by atoms with Gasteiger partial charge in [-0.2, -0.15) is 0 Å². The van der Waals surface area contributed by atoms with Crippen molar-refractivity contribution in [2.75, 3.05) is 13.2 Å². The molecule has 0 bridgehead atoms. The van der Waals surface area contributed by atoms with E-state index in [9.17, 15) is 40.5 Å². The minimum Gasteiger partial charge on any atom is -0.394 e. The third kappa shape index (κ3) is 45.0. The summed E-state index contributed by atoms with van der Waals surface area (Å²) in [4.78, 5) is 13.2. The van der Waals surface area contributed by atoms with E-state index in [2.05, 4.69) is 31.3 Å². The van der Waals surface area contributed by atoms with Gasteiger partial charge < -0.3 is 50.5 Å². The molecule has 9 atom stereocenters. The Morgan fingerprint density at radius 2 is 0.747 bits per heavy atom. The smallest absolute Gasteiger partial charge is 0.249 e. The first kappa shape index (κ1) is 75.9. The van der Waals surface area contributed by atoms with Gasteiger partial charge >= 0.3 is 0 Å². The van der Waals surface area contributed by atoms with Crippen LogP contribution in [0.25, 0.3) is 0 Å². The maximum Gasteiger partial charge on any atom is 0.249 e. The first-order valence-corrected chi connectivity index (χ1v) is 34.6. The Morgan fingerprint density at radius 1 is 0.430 bits per heavy atom. The SMILES string of the molecule is CCCCCCCCCCC/C=C/CCCC(O)C(O)C(COC1OC(CO)C(O)C(O)C1O)NC(=O)C(O)CCCCCCCCCCCCCCCCCCCCCCCCCCCCCCCCCCCCCCCC. The third-order valence-electron chi connectivity index (χ3n) is 17.1. The summed E-state index contributed by atoms with van der Waals surface area (Å²) < 4.78 is 11.1. The van der Waals surface area contributed by atoms with Crippen molar-refractivity contribution >= 4 is 5.91 Å². The van der Waals surface area contributed by atoms with Gasteiger partial charge in [0.05, 0.1) is 25.4 Å². The van der Waals surface area contributed by atoms with Crippen molar-refractivity contribution in [1.82, 2.24) is 5.32 Å². The number of rotatable bonds is 61. The van der Waals surface area contributed by atoms with Crippen LogP contribution >= 0.6 is 0 Å². The lowest BCUT2D eigenvalue weighted by Gasteiger charge is -2.40. The fourth-order valence-corrected chi connectivity index (χ4v) is 11.5. The van der Waals surface area contributed by atoms with Crippen LogP contribution in [0.3, 0.4) is 0 Å². The zero-order valence-electron chi connectivity index (χ0n) is 51.9. The fraction of sp³-hybridized carbons (Fsp3) is 0.956.